The van der Waals surface area contributed by atoms with Crippen LogP contribution in [0.5, 0.6) is 0 Å². The number of aromatic amines is 1. The number of nitrogens with one attached hydrogen (secondary N) is 1. The van der Waals surface area contributed by atoms with E-state index in [-0.39, 0.29) is 11.1 Å². The summed E-state index contributed by atoms with van der Waals surface area (Å²) in [6.07, 6.45) is 6.35. The zero-order valence-electron chi connectivity index (χ0n) is 12.5. The van der Waals surface area contributed by atoms with Crippen LogP contribution < -0.4 is 5.56 Å². The Hall–Kier alpha value is -1.09. The van der Waals surface area contributed by atoms with Crippen molar-refractivity contribution in [2.75, 3.05) is 13.6 Å². The van der Waals surface area contributed by atoms with Crippen molar-refractivity contribution in [1.82, 2.24) is 9.88 Å². The molecule has 4 rings (SSSR count). The molecule has 4 atom stereocenters. The summed E-state index contributed by atoms with van der Waals surface area (Å²) in [6, 6.07) is 3.85. The summed E-state index contributed by atoms with van der Waals surface area (Å²) in [5.74, 6) is 2.33. The molecular weight excluding hydrogens is 248 g/mol. The van der Waals surface area contributed by atoms with Gasteiger partial charge in [-0.2, -0.15) is 0 Å². The minimum absolute atomic E-state index is 0.0585. The van der Waals surface area contributed by atoms with Crippen molar-refractivity contribution in [2.45, 2.75) is 44.6 Å². The van der Waals surface area contributed by atoms with Crippen molar-refractivity contribution >= 4 is 0 Å². The number of H-pyrrole nitrogens is 1. The molecule has 0 radical (unpaired) electrons. The van der Waals surface area contributed by atoms with Gasteiger partial charge >= 0.3 is 0 Å². The standard InChI is InChI=1S/C17H24N2O/c1-11-8-12-9-15-14(5-6-16(20)18-15)17(10-11)13(12)4-3-7-19(17)2/h5-6,11-13H,3-4,7-10H2,1-2H3,(H,18,20)/t11-,12-,13-,17-/m1/s1. The van der Waals surface area contributed by atoms with Crippen molar-refractivity contribution in [3.8, 4) is 0 Å². The Morgan fingerprint density at radius 1 is 1.40 bits per heavy atom. The average Bonchev–Trinajstić information content (AvgIpc) is 2.39. The van der Waals surface area contributed by atoms with Gasteiger partial charge in [0.2, 0.25) is 5.56 Å². The normalized spacial score (nSPS) is 40.0. The summed E-state index contributed by atoms with van der Waals surface area (Å²) in [4.78, 5) is 17.4. The number of piperidine rings is 1. The molecule has 20 heavy (non-hydrogen) atoms. The van der Waals surface area contributed by atoms with Gasteiger partial charge in [-0.05, 0) is 75.1 Å². The Kier molecular flexibility index (Phi) is 2.65. The monoisotopic (exact) mass is 272 g/mol. The molecule has 1 aromatic heterocycles. The average molecular weight is 272 g/mol. The van der Waals surface area contributed by atoms with E-state index in [2.05, 4.69) is 29.9 Å². The van der Waals surface area contributed by atoms with E-state index < -0.39 is 0 Å². The lowest BCUT2D eigenvalue weighted by Gasteiger charge is -2.60. The number of fused-ring (bicyclic) bond motifs is 1. The zero-order chi connectivity index (χ0) is 13.9. The lowest BCUT2D eigenvalue weighted by molar-refractivity contribution is -0.0790. The molecular formula is C17H24N2O. The van der Waals surface area contributed by atoms with E-state index in [0.29, 0.717) is 0 Å². The summed E-state index contributed by atoms with van der Waals surface area (Å²) >= 11 is 0. The molecule has 3 nitrogen and oxygen atoms in total. The van der Waals surface area contributed by atoms with E-state index in [1.165, 1.54) is 43.5 Å². The van der Waals surface area contributed by atoms with E-state index in [0.717, 1.165) is 24.2 Å². The van der Waals surface area contributed by atoms with Crippen LogP contribution in [0.3, 0.4) is 0 Å². The summed E-state index contributed by atoms with van der Waals surface area (Å²) in [7, 11) is 2.29. The van der Waals surface area contributed by atoms with Crippen molar-refractivity contribution in [1.29, 1.82) is 0 Å². The molecule has 0 unspecified atom stereocenters. The fourth-order valence-electron chi connectivity index (χ4n) is 5.59. The van der Waals surface area contributed by atoms with Crippen LogP contribution >= 0.6 is 0 Å². The molecule has 3 aliphatic rings. The van der Waals surface area contributed by atoms with Gasteiger partial charge < -0.3 is 4.98 Å². The molecule has 1 saturated heterocycles. The van der Waals surface area contributed by atoms with Crippen LogP contribution in [0.4, 0.5) is 0 Å². The fraction of sp³-hybridized carbons (Fsp3) is 0.706. The Morgan fingerprint density at radius 2 is 2.25 bits per heavy atom. The summed E-state index contributed by atoms with van der Waals surface area (Å²) < 4.78 is 0. The molecule has 108 valence electrons. The van der Waals surface area contributed by atoms with Gasteiger partial charge in [0.15, 0.2) is 0 Å². The fourth-order valence-corrected chi connectivity index (χ4v) is 5.59. The van der Waals surface area contributed by atoms with E-state index in [1.54, 1.807) is 6.07 Å². The molecule has 2 heterocycles. The van der Waals surface area contributed by atoms with E-state index in [9.17, 15) is 4.79 Å². The Bertz CT molecular complexity index is 593. The third kappa shape index (κ3) is 1.53. The number of hydrogen-bond acceptors (Lipinski definition) is 2. The van der Waals surface area contributed by atoms with Crippen LogP contribution in [0.2, 0.25) is 0 Å². The van der Waals surface area contributed by atoms with Crippen LogP contribution in [-0.2, 0) is 12.0 Å². The Morgan fingerprint density at radius 3 is 3.10 bits per heavy atom. The van der Waals surface area contributed by atoms with Crippen LogP contribution in [0, 0.1) is 17.8 Å². The van der Waals surface area contributed by atoms with Crippen molar-refractivity contribution in [3.05, 3.63) is 33.7 Å². The smallest absolute Gasteiger partial charge is 0.248 e. The maximum Gasteiger partial charge on any atom is 0.248 e. The van der Waals surface area contributed by atoms with Crippen molar-refractivity contribution in [2.24, 2.45) is 17.8 Å². The molecule has 1 N–H and O–H groups in total. The first-order chi connectivity index (χ1) is 9.61. The number of likely N-dealkylation sites (tertiary alicyclic amines) is 1. The quantitative estimate of drug-likeness (QED) is 0.788. The summed E-state index contributed by atoms with van der Waals surface area (Å²) in [6.45, 7) is 3.60. The van der Waals surface area contributed by atoms with Crippen molar-refractivity contribution < 1.29 is 0 Å². The zero-order valence-corrected chi connectivity index (χ0v) is 12.5. The number of rotatable bonds is 0. The van der Waals surface area contributed by atoms with Crippen LogP contribution in [0.25, 0.3) is 0 Å². The number of aromatic nitrogens is 1. The Labute approximate surface area is 120 Å². The number of pyridine rings is 1. The highest BCUT2D eigenvalue weighted by Gasteiger charge is 2.55. The molecule has 2 fully saturated rings. The first kappa shape index (κ1) is 12.6. The van der Waals surface area contributed by atoms with Crippen molar-refractivity contribution in [3.63, 3.8) is 0 Å². The topological polar surface area (TPSA) is 36.1 Å². The second-order valence-corrected chi connectivity index (χ2v) is 7.32. The van der Waals surface area contributed by atoms with Crippen LogP contribution in [0.1, 0.15) is 43.9 Å². The van der Waals surface area contributed by atoms with Gasteiger partial charge in [0.05, 0.1) is 5.54 Å². The highest BCUT2D eigenvalue weighted by molar-refractivity contribution is 5.35. The molecule has 0 spiro atoms. The molecule has 0 aromatic carbocycles. The van der Waals surface area contributed by atoms with Gasteiger partial charge in [-0.3, -0.25) is 9.69 Å². The maximum atomic E-state index is 11.7. The first-order valence-electron chi connectivity index (χ1n) is 8.05. The highest BCUT2D eigenvalue weighted by atomic mass is 16.1. The third-order valence-corrected chi connectivity index (χ3v) is 6.17. The second kappa shape index (κ2) is 4.20. The largest absolute Gasteiger partial charge is 0.326 e. The Balaban J connectivity index is 1.95. The maximum absolute atomic E-state index is 11.7. The highest BCUT2D eigenvalue weighted by Crippen LogP contribution is 2.57. The second-order valence-electron chi connectivity index (χ2n) is 7.32. The minimum atomic E-state index is 0.0585. The molecule has 3 heteroatoms. The third-order valence-electron chi connectivity index (χ3n) is 6.17. The van der Waals surface area contributed by atoms with Crippen LogP contribution in [0.15, 0.2) is 16.9 Å². The van der Waals surface area contributed by atoms with Gasteiger partial charge in [0, 0.05) is 11.8 Å². The predicted octanol–water partition coefficient (Wildman–Crippen LogP) is 2.51. The van der Waals surface area contributed by atoms with Gasteiger partial charge in [0.25, 0.3) is 0 Å². The summed E-state index contributed by atoms with van der Waals surface area (Å²) in [5, 5.41) is 0. The van der Waals surface area contributed by atoms with Gasteiger partial charge in [-0.15, -0.1) is 0 Å². The SMILES string of the molecule is C[C@@H]1C[C@@H]2Cc3[nH]c(=O)ccc3[C@@]3(C1)[C@@H]2CCCN3C. The molecule has 1 aromatic rings. The summed E-state index contributed by atoms with van der Waals surface area (Å²) in [5.41, 5.74) is 2.90. The lowest BCUT2D eigenvalue weighted by Crippen LogP contribution is -2.61. The first-order valence-corrected chi connectivity index (χ1v) is 8.05. The van der Waals surface area contributed by atoms with Crippen LogP contribution in [-0.4, -0.2) is 23.5 Å². The van der Waals surface area contributed by atoms with Gasteiger partial charge in [-0.1, -0.05) is 6.92 Å². The minimum Gasteiger partial charge on any atom is -0.326 e. The lowest BCUT2D eigenvalue weighted by atomic mass is 9.53. The number of nitrogens with zero attached hydrogens (tertiary/aromatic N) is 1. The number of hydrogen-bond donors (Lipinski definition) is 1. The van der Waals surface area contributed by atoms with Gasteiger partial charge in [0.1, 0.15) is 0 Å². The van der Waals surface area contributed by atoms with Gasteiger partial charge in [-0.25, -0.2) is 0 Å². The molecule has 0 amide bonds. The molecule has 1 aliphatic heterocycles. The molecule has 2 bridgehead atoms. The van der Waals surface area contributed by atoms with E-state index in [4.69, 9.17) is 0 Å². The predicted molar refractivity (Wildman–Crippen MR) is 79.7 cm³/mol. The molecule has 1 saturated carbocycles. The van der Waals surface area contributed by atoms with E-state index >= 15 is 0 Å². The van der Waals surface area contributed by atoms with E-state index in [1.807, 2.05) is 0 Å². The molecule has 2 aliphatic carbocycles.